The van der Waals surface area contributed by atoms with Crippen molar-refractivity contribution in [2.45, 2.75) is 25.5 Å². The molecular weight excluding hydrogens is 422 g/mol. The van der Waals surface area contributed by atoms with E-state index in [1.165, 1.54) is 6.07 Å². The van der Waals surface area contributed by atoms with E-state index in [2.05, 4.69) is 31.1 Å². The van der Waals surface area contributed by atoms with Crippen LogP contribution in [0.2, 0.25) is 0 Å². The van der Waals surface area contributed by atoms with Gasteiger partial charge < -0.3 is 10.1 Å². The largest absolute Gasteiger partial charge is 0.370 e. The third-order valence-corrected chi connectivity index (χ3v) is 4.16. The van der Waals surface area contributed by atoms with Crippen molar-refractivity contribution in [1.82, 2.24) is 15.1 Å². The van der Waals surface area contributed by atoms with Crippen LogP contribution in [-0.4, -0.2) is 34.6 Å². The number of rotatable bonds is 8. The van der Waals surface area contributed by atoms with E-state index in [1.807, 2.05) is 0 Å². The lowest BCUT2D eigenvalue weighted by Gasteiger charge is -2.15. The Balaban J connectivity index is 1.92. The Morgan fingerprint density at radius 3 is 2.77 bits per heavy atom. The third-order valence-electron chi connectivity index (χ3n) is 3.50. The molecule has 0 fully saturated rings. The van der Waals surface area contributed by atoms with E-state index in [9.17, 15) is 22.4 Å². The maximum Gasteiger partial charge on any atom is 0.330 e. The number of nitrogens with one attached hydrogen (secondary N) is 1. The highest BCUT2D eigenvalue weighted by Gasteiger charge is 2.40. The van der Waals surface area contributed by atoms with Crippen molar-refractivity contribution in [2.24, 2.45) is 7.05 Å². The Hall–Kier alpha value is -1.94. The summed E-state index contributed by atoms with van der Waals surface area (Å²) in [4.78, 5) is 12.2. The Morgan fingerprint density at radius 2 is 2.15 bits per heavy atom. The number of hydrogen-bond acceptors (Lipinski definition) is 3. The van der Waals surface area contributed by atoms with Gasteiger partial charge in [0.15, 0.2) is 0 Å². The number of carbonyl (C=O) groups is 1. The maximum atomic E-state index is 12.8. The molecule has 0 aliphatic carbocycles. The van der Waals surface area contributed by atoms with Gasteiger partial charge >= 0.3 is 12.3 Å². The van der Waals surface area contributed by atoms with Gasteiger partial charge in [0, 0.05) is 12.6 Å². The lowest BCUT2D eigenvalue weighted by Crippen LogP contribution is -2.32. The van der Waals surface area contributed by atoms with Crippen molar-refractivity contribution < 1.29 is 27.1 Å². The van der Waals surface area contributed by atoms with E-state index in [1.54, 1.807) is 36.1 Å². The summed E-state index contributed by atoms with van der Waals surface area (Å²) >= 11 is 3.32. The molecule has 142 valence electrons. The molecule has 0 bridgehead atoms. The molecule has 0 saturated carbocycles. The van der Waals surface area contributed by atoms with Gasteiger partial charge in [-0.25, -0.2) is 8.78 Å². The zero-order valence-electron chi connectivity index (χ0n) is 13.7. The average Bonchev–Trinajstić information content (AvgIpc) is 2.91. The quantitative estimate of drug-likeness (QED) is 0.642. The fourth-order valence-corrected chi connectivity index (χ4v) is 2.56. The van der Waals surface area contributed by atoms with Crippen LogP contribution in [-0.2, 0) is 24.9 Å². The molecule has 0 aliphatic rings. The fourth-order valence-electron chi connectivity index (χ4n) is 2.07. The molecule has 0 unspecified atom stereocenters. The van der Waals surface area contributed by atoms with E-state index < -0.39 is 19.0 Å². The summed E-state index contributed by atoms with van der Waals surface area (Å²) in [6.45, 7) is -1.47. The molecule has 1 amide bonds. The van der Waals surface area contributed by atoms with Crippen molar-refractivity contribution >= 4 is 21.8 Å². The first-order chi connectivity index (χ1) is 12.2. The van der Waals surface area contributed by atoms with Gasteiger partial charge in [-0.15, -0.1) is 0 Å². The molecule has 5 nitrogen and oxygen atoms in total. The molecule has 0 radical (unpaired) electrons. The summed E-state index contributed by atoms with van der Waals surface area (Å²) in [6, 6.07) is 6.10. The number of aromatic nitrogens is 2. The topological polar surface area (TPSA) is 56.2 Å². The third kappa shape index (κ3) is 5.28. The molecule has 0 spiro atoms. The highest BCUT2D eigenvalue weighted by molar-refractivity contribution is 9.10. The van der Waals surface area contributed by atoms with Crippen LogP contribution in [0.15, 0.2) is 34.9 Å². The highest BCUT2D eigenvalue weighted by Crippen LogP contribution is 2.23. The van der Waals surface area contributed by atoms with Crippen molar-refractivity contribution in [2.75, 3.05) is 6.61 Å². The van der Waals surface area contributed by atoms with Gasteiger partial charge in [-0.05, 0) is 33.6 Å². The van der Waals surface area contributed by atoms with Gasteiger partial charge in [-0.2, -0.15) is 13.9 Å². The SMILES string of the molecule is Cn1ncc(Br)c1CNC(=O)c1cccc(COCC(F)(F)C(F)F)c1. The molecule has 1 N–H and O–H groups in total. The minimum atomic E-state index is -4.20. The van der Waals surface area contributed by atoms with E-state index in [0.29, 0.717) is 11.1 Å². The molecular formula is C16H16BrF4N3O2. The lowest BCUT2D eigenvalue weighted by atomic mass is 10.1. The second-order valence-corrected chi connectivity index (χ2v) is 6.35. The van der Waals surface area contributed by atoms with Crippen molar-refractivity contribution in [3.05, 3.63) is 51.8 Å². The summed E-state index contributed by atoms with van der Waals surface area (Å²) in [5.41, 5.74) is 1.49. The standard InChI is InChI=1S/C16H16BrF4N3O2/c1-24-13(12(17)6-23-24)7-22-14(25)11-4-2-3-10(5-11)8-26-9-16(20,21)15(18)19/h2-6,15H,7-9H2,1H3,(H,22,25). The number of carbonyl (C=O) groups excluding carboxylic acids is 1. The molecule has 1 aromatic carbocycles. The van der Waals surface area contributed by atoms with Crippen molar-refractivity contribution in [3.63, 3.8) is 0 Å². The van der Waals surface area contributed by atoms with Crippen LogP contribution < -0.4 is 5.32 Å². The van der Waals surface area contributed by atoms with E-state index in [0.717, 1.165) is 10.2 Å². The number of hydrogen-bond donors (Lipinski definition) is 1. The van der Waals surface area contributed by atoms with Crippen LogP contribution in [0.1, 0.15) is 21.6 Å². The van der Waals surface area contributed by atoms with E-state index in [-0.39, 0.29) is 19.1 Å². The van der Waals surface area contributed by atoms with Crippen LogP contribution >= 0.6 is 15.9 Å². The van der Waals surface area contributed by atoms with Gasteiger partial charge in [0.2, 0.25) is 0 Å². The minimum absolute atomic E-state index is 0.233. The van der Waals surface area contributed by atoms with Crippen LogP contribution in [0.25, 0.3) is 0 Å². The Morgan fingerprint density at radius 1 is 1.42 bits per heavy atom. The summed E-state index contributed by atoms with van der Waals surface area (Å²) in [6.07, 6.45) is -2.18. The van der Waals surface area contributed by atoms with Crippen LogP contribution in [0.3, 0.4) is 0 Å². The number of alkyl halides is 4. The zero-order valence-corrected chi connectivity index (χ0v) is 15.3. The number of halogens is 5. The first-order valence-corrected chi connectivity index (χ1v) is 8.27. The van der Waals surface area contributed by atoms with Crippen molar-refractivity contribution in [1.29, 1.82) is 0 Å². The molecule has 26 heavy (non-hydrogen) atoms. The monoisotopic (exact) mass is 437 g/mol. The van der Waals surface area contributed by atoms with E-state index in [4.69, 9.17) is 0 Å². The average molecular weight is 438 g/mol. The normalized spacial score (nSPS) is 11.8. The number of amides is 1. The first kappa shape index (κ1) is 20.4. The second kappa shape index (κ2) is 8.63. The molecule has 0 atom stereocenters. The number of nitrogens with zero attached hydrogens (tertiary/aromatic N) is 2. The summed E-state index contributed by atoms with van der Waals surface area (Å²) in [7, 11) is 1.74. The Kier molecular flexibility index (Phi) is 6.76. The summed E-state index contributed by atoms with van der Waals surface area (Å²) < 4.78 is 56.8. The van der Waals surface area contributed by atoms with E-state index >= 15 is 0 Å². The lowest BCUT2D eigenvalue weighted by molar-refractivity contribution is -0.168. The molecule has 2 aromatic rings. The Bertz CT molecular complexity index is 748. The Labute approximate surface area is 155 Å². The van der Waals surface area contributed by atoms with Crippen molar-refractivity contribution in [3.8, 4) is 0 Å². The molecule has 10 heteroatoms. The van der Waals surface area contributed by atoms with Gasteiger partial charge in [0.1, 0.15) is 6.61 Å². The smallest absolute Gasteiger partial charge is 0.330 e. The first-order valence-electron chi connectivity index (χ1n) is 7.48. The number of benzene rings is 1. The van der Waals surface area contributed by atoms with Crippen LogP contribution in [0, 0.1) is 0 Å². The summed E-state index contributed by atoms with van der Waals surface area (Å²) in [5.74, 6) is -4.58. The summed E-state index contributed by atoms with van der Waals surface area (Å²) in [5, 5.41) is 6.75. The molecule has 0 saturated heterocycles. The van der Waals surface area contributed by atoms with Gasteiger partial charge in [-0.1, -0.05) is 12.1 Å². The van der Waals surface area contributed by atoms with Gasteiger partial charge in [0.25, 0.3) is 5.91 Å². The van der Waals surface area contributed by atoms with Crippen LogP contribution in [0.5, 0.6) is 0 Å². The predicted molar refractivity (Wildman–Crippen MR) is 89.1 cm³/mol. The molecule has 2 rings (SSSR count). The second-order valence-electron chi connectivity index (χ2n) is 5.50. The minimum Gasteiger partial charge on any atom is -0.370 e. The van der Waals surface area contributed by atoms with Gasteiger partial charge in [0.05, 0.1) is 29.5 Å². The van der Waals surface area contributed by atoms with Gasteiger partial charge in [-0.3, -0.25) is 9.48 Å². The predicted octanol–water partition coefficient (Wildman–Crippen LogP) is 3.53. The number of ether oxygens (including phenoxy) is 1. The number of aryl methyl sites for hydroxylation is 1. The zero-order chi connectivity index (χ0) is 19.3. The fraction of sp³-hybridized carbons (Fsp3) is 0.375. The molecule has 0 aliphatic heterocycles. The molecule has 1 aromatic heterocycles. The highest BCUT2D eigenvalue weighted by atomic mass is 79.9. The molecule has 1 heterocycles. The van der Waals surface area contributed by atoms with Crippen LogP contribution in [0.4, 0.5) is 17.6 Å². The maximum absolute atomic E-state index is 12.8.